The van der Waals surface area contributed by atoms with Gasteiger partial charge in [0.25, 0.3) is 0 Å². The predicted molar refractivity (Wildman–Crippen MR) is 62.4 cm³/mol. The van der Waals surface area contributed by atoms with Crippen LogP contribution in [0, 0.1) is 0 Å². The van der Waals surface area contributed by atoms with Crippen LogP contribution in [0.15, 0.2) is 0 Å². The topological polar surface area (TPSA) is 52.7 Å². The van der Waals surface area contributed by atoms with Gasteiger partial charge < -0.3 is 15.1 Å². The van der Waals surface area contributed by atoms with E-state index in [1.165, 1.54) is 4.90 Å². The average molecular weight is 281 g/mol. The summed E-state index contributed by atoms with van der Waals surface area (Å²) in [6.45, 7) is 1.99. The van der Waals surface area contributed by atoms with Gasteiger partial charge in [-0.25, -0.2) is 0 Å². The molecular weight excluding hydrogens is 263 g/mol. The molecule has 1 saturated heterocycles. The van der Waals surface area contributed by atoms with Gasteiger partial charge in [0.2, 0.25) is 0 Å². The van der Waals surface area contributed by atoms with Crippen LogP contribution in [0.25, 0.3) is 0 Å². The van der Waals surface area contributed by atoms with Crippen LogP contribution in [0.5, 0.6) is 0 Å². The van der Waals surface area contributed by atoms with E-state index in [9.17, 15) is 22.8 Å². The van der Waals surface area contributed by atoms with Gasteiger partial charge in [0.1, 0.15) is 6.54 Å². The number of piperazine rings is 1. The van der Waals surface area contributed by atoms with E-state index in [2.05, 4.69) is 5.32 Å². The third kappa shape index (κ3) is 5.06. The lowest BCUT2D eigenvalue weighted by Gasteiger charge is -2.30. The number of alkyl halides is 3. The van der Waals surface area contributed by atoms with Crippen molar-refractivity contribution in [1.82, 2.24) is 15.1 Å². The maximum absolute atomic E-state index is 12.4. The summed E-state index contributed by atoms with van der Waals surface area (Å²) in [5, 5.41) is 3.00. The number of hydrogen-bond donors (Lipinski definition) is 1. The highest BCUT2D eigenvalue weighted by Gasteiger charge is 2.36. The van der Waals surface area contributed by atoms with Crippen LogP contribution >= 0.6 is 0 Å². The van der Waals surface area contributed by atoms with Crippen molar-refractivity contribution in [3.8, 4) is 0 Å². The molecule has 1 fully saturated rings. The first kappa shape index (κ1) is 15.7. The molecule has 0 aliphatic carbocycles. The fraction of sp³-hybridized carbons (Fsp3) is 0.818. The molecule has 8 heteroatoms. The lowest BCUT2D eigenvalue weighted by molar-refractivity contribution is -0.167. The number of rotatable bonds is 3. The summed E-state index contributed by atoms with van der Waals surface area (Å²) in [5.41, 5.74) is 0. The lowest BCUT2D eigenvalue weighted by Crippen LogP contribution is -2.53. The SMILES string of the molecule is CCCN(CC(F)(F)F)C(=O)C(=O)N1CCNCC1. The molecule has 0 radical (unpaired) electrons. The summed E-state index contributed by atoms with van der Waals surface area (Å²) < 4.78 is 37.1. The molecule has 0 spiro atoms. The molecule has 2 amide bonds. The fourth-order valence-electron chi connectivity index (χ4n) is 1.88. The highest BCUT2D eigenvalue weighted by atomic mass is 19.4. The van der Waals surface area contributed by atoms with Gasteiger partial charge in [-0.15, -0.1) is 0 Å². The molecule has 1 N–H and O–H groups in total. The molecule has 0 aromatic rings. The average Bonchev–Trinajstić information content (AvgIpc) is 2.36. The number of carbonyl (C=O) groups is 2. The zero-order chi connectivity index (χ0) is 14.5. The molecule has 0 saturated carbocycles. The molecule has 1 heterocycles. The summed E-state index contributed by atoms with van der Waals surface area (Å²) in [5.74, 6) is -1.92. The second kappa shape index (κ2) is 6.74. The molecule has 0 aromatic carbocycles. The zero-order valence-electron chi connectivity index (χ0n) is 10.8. The van der Waals surface area contributed by atoms with E-state index in [-0.39, 0.29) is 6.54 Å². The van der Waals surface area contributed by atoms with Gasteiger partial charge in [0.15, 0.2) is 0 Å². The smallest absolute Gasteiger partial charge is 0.332 e. The number of nitrogens with zero attached hydrogens (tertiary/aromatic N) is 2. The van der Waals surface area contributed by atoms with Crippen LogP contribution in [0.4, 0.5) is 13.2 Å². The van der Waals surface area contributed by atoms with Crippen LogP contribution in [0.2, 0.25) is 0 Å². The third-order valence-corrected chi connectivity index (χ3v) is 2.74. The highest BCUT2D eigenvalue weighted by molar-refractivity contribution is 6.34. The van der Waals surface area contributed by atoms with Crippen LogP contribution in [0.3, 0.4) is 0 Å². The van der Waals surface area contributed by atoms with Crippen LogP contribution in [0.1, 0.15) is 13.3 Å². The van der Waals surface area contributed by atoms with Crippen LogP contribution < -0.4 is 5.32 Å². The van der Waals surface area contributed by atoms with Crippen molar-refractivity contribution in [3.63, 3.8) is 0 Å². The van der Waals surface area contributed by atoms with E-state index in [1.807, 2.05) is 0 Å². The van der Waals surface area contributed by atoms with Crippen molar-refractivity contribution in [3.05, 3.63) is 0 Å². The van der Waals surface area contributed by atoms with Gasteiger partial charge in [0.05, 0.1) is 0 Å². The fourth-order valence-corrected chi connectivity index (χ4v) is 1.88. The Labute approximate surface area is 109 Å². The van der Waals surface area contributed by atoms with Gasteiger partial charge >= 0.3 is 18.0 Å². The first-order chi connectivity index (χ1) is 8.85. The molecule has 5 nitrogen and oxygen atoms in total. The van der Waals surface area contributed by atoms with Gasteiger partial charge in [0, 0.05) is 32.7 Å². The summed E-state index contributed by atoms with van der Waals surface area (Å²) in [6, 6.07) is 0. The van der Waals surface area contributed by atoms with E-state index in [1.54, 1.807) is 6.92 Å². The minimum absolute atomic E-state index is 0.0732. The first-order valence-electron chi connectivity index (χ1n) is 6.21. The van der Waals surface area contributed by atoms with E-state index < -0.39 is 24.5 Å². The maximum atomic E-state index is 12.4. The molecule has 110 valence electrons. The van der Waals surface area contributed by atoms with Crippen molar-refractivity contribution < 1.29 is 22.8 Å². The number of carbonyl (C=O) groups excluding carboxylic acids is 2. The summed E-state index contributed by atoms with van der Waals surface area (Å²) in [7, 11) is 0. The minimum atomic E-state index is -4.49. The highest BCUT2D eigenvalue weighted by Crippen LogP contribution is 2.17. The van der Waals surface area contributed by atoms with Gasteiger partial charge in [-0.2, -0.15) is 13.2 Å². The van der Waals surface area contributed by atoms with E-state index in [0.29, 0.717) is 37.5 Å². The number of nitrogens with one attached hydrogen (secondary N) is 1. The molecular formula is C11H18F3N3O2. The van der Waals surface area contributed by atoms with Crippen molar-refractivity contribution in [2.45, 2.75) is 19.5 Å². The molecule has 1 aliphatic heterocycles. The molecule has 1 aliphatic rings. The van der Waals surface area contributed by atoms with E-state index >= 15 is 0 Å². The number of hydrogen-bond acceptors (Lipinski definition) is 3. The maximum Gasteiger partial charge on any atom is 0.406 e. The van der Waals surface area contributed by atoms with Crippen LogP contribution in [-0.2, 0) is 9.59 Å². The molecule has 0 bridgehead atoms. The second-order valence-corrected chi connectivity index (χ2v) is 4.38. The van der Waals surface area contributed by atoms with Crippen molar-refractivity contribution in [1.29, 1.82) is 0 Å². The molecule has 0 atom stereocenters. The Kier molecular flexibility index (Phi) is 5.59. The molecule has 0 unspecified atom stereocenters. The standard InChI is InChI=1S/C11H18F3N3O2/c1-2-5-17(8-11(12,13)14)10(19)9(18)16-6-3-15-4-7-16/h15H,2-8H2,1H3. The second-order valence-electron chi connectivity index (χ2n) is 4.38. The minimum Gasteiger partial charge on any atom is -0.332 e. The Morgan fingerprint density at radius 1 is 1.26 bits per heavy atom. The van der Waals surface area contributed by atoms with Gasteiger partial charge in [-0.05, 0) is 6.42 Å². The van der Waals surface area contributed by atoms with Crippen LogP contribution in [-0.4, -0.2) is 67.1 Å². The first-order valence-corrected chi connectivity index (χ1v) is 6.21. The Bertz CT molecular complexity index is 328. The third-order valence-electron chi connectivity index (χ3n) is 2.74. The lowest BCUT2D eigenvalue weighted by atomic mass is 10.3. The largest absolute Gasteiger partial charge is 0.406 e. The number of halogens is 3. The predicted octanol–water partition coefficient (Wildman–Crippen LogP) is 0.219. The molecule has 0 aromatic heterocycles. The Morgan fingerprint density at radius 3 is 2.32 bits per heavy atom. The van der Waals surface area contributed by atoms with E-state index in [0.717, 1.165) is 0 Å². The summed E-state index contributed by atoms with van der Waals surface area (Å²) >= 11 is 0. The van der Waals surface area contributed by atoms with Crippen molar-refractivity contribution >= 4 is 11.8 Å². The number of amides is 2. The van der Waals surface area contributed by atoms with Crippen molar-refractivity contribution in [2.24, 2.45) is 0 Å². The zero-order valence-corrected chi connectivity index (χ0v) is 10.8. The Balaban J connectivity index is 2.66. The van der Waals surface area contributed by atoms with Gasteiger partial charge in [-0.3, -0.25) is 9.59 Å². The van der Waals surface area contributed by atoms with Gasteiger partial charge in [-0.1, -0.05) is 6.92 Å². The van der Waals surface area contributed by atoms with E-state index in [4.69, 9.17) is 0 Å². The molecule has 19 heavy (non-hydrogen) atoms. The molecule has 1 rings (SSSR count). The summed E-state index contributed by atoms with van der Waals surface area (Å²) in [4.78, 5) is 25.5. The Morgan fingerprint density at radius 2 is 1.84 bits per heavy atom. The Hall–Kier alpha value is -1.31. The normalized spacial score (nSPS) is 16.3. The quantitative estimate of drug-likeness (QED) is 0.753. The summed E-state index contributed by atoms with van der Waals surface area (Å²) in [6.07, 6.45) is -4.12. The monoisotopic (exact) mass is 281 g/mol. The van der Waals surface area contributed by atoms with Crippen molar-refractivity contribution in [2.75, 3.05) is 39.3 Å².